The molecule has 0 fully saturated rings. The average Bonchev–Trinajstić information content (AvgIpc) is 2.29. The van der Waals surface area contributed by atoms with E-state index in [2.05, 4.69) is 0 Å². The third-order valence-electron chi connectivity index (χ3n) is 2.33. The van der Waals surface area contributed by atoms with Gasteiger partial charge in [-0.2, -0.15) is 0 Å². The third-order valence-corrected chi connectivity index (χ3v) is 2.57. The van der Waals surface area contributed by atoms with Crippen molar-refractivity contribution in [2.45, 2.75) is 6.43 Å². The molecule has 82 valence electrons. The number of benzene rings is 2. The summed E-state index contributed by atoms with van der Waals surface area (Å²) in [4.78, 5) is 0. The molecule has 0 bridgehead atoms. The van der Waals surface area contributed by atoms with Gasteiger partial charge in [0.05, 0.1) is 0 Å². The molecule has 3 heteroatoms. The monoisotopic (exact) mass is 238 g/mol. The van der Waals surface area contributed by atoms with Crippen molar-refractivity contribution in [2.24, 2.45) is 0 Å². The van der Waals surface area contributed by atoms with Gasteiger partial charge in [-0.3, -0.25) is 0 Å². The second-order valence-electron chi connectivity index (χ2n) is 3.40. The molecule has 0 radical (unpaired) electrons. The van der Waals surface area contributed by atoms with Crippen LogP contribution in [0.3, 0.4) is 0 Å². The van der Waals surface area contributed by atoms with Gasteiger partial charge in [0.15, 0.2) is 0 Å². The van der Waals surface area contributed by atoms with Crippen molar-refractivity contribution in [2.75, 3.05) is 0 Å². The Morgan fingerprint density at radius 2 is 1.69 bits per heavy atom. The zero-order valence-electron chi connectivity index (χ0n) is 8.33. The highest BCUT2D eigenvalue weighted by Crippen LogP contribution is 2.31. The van der Waals surface area contributed by atoms with Crippen molar-refractivity contribution in [1.82, 2.24) is 0 Å². The highest BCUT2D eigenvalue weighted by molar-refractivity contribution is 6.30. The quantitative estimate of drug-likeness (QED) is 0.695. The molecule has 0 saturated carbocycles. The molecule has 2 aromatic carbocycles. The minimum atomic E-state index is -2.48. The van der Waals surface area contributed by atoms with E-state index in [1.165, 1.54) is 6.07 Å². The standard InChI is InChI=1S/C13H9ClF2/c14-10-5-3-4-9(8-10)11-6-1-2-7-12(11)13(15)16/h1-8,13H. The van der Waals surface area contributed by atoms with Gasteiger partial charge in [0.25, 0.3) is 6.43 Å². The maximum atomic E-state index is 12.8. The predicted molar refractivity (Wildman–Crippen MR) is 61.8 cm³/mol. The summed E-state index contributed by atoms with van der Waals surface area (Å²) in [5.41, 5.74) is 1.27. The lowest BCUT2D eigenvalue weighted by Gasteiger charge is -2.08. The zero-order valence-corrected chi connectivity index (χ0v) is 9.09. The van der Waals surface area contributed by atoms with E-state index in [0.29, 0.717) is 16.1 Å². The summed E-state index contributed by atoms with van der Waals surface area (Å²) in [6.45, 7) is 0. The summed E-state index contributed by atoms with van der Waals surface area (Å²) in [6, 6.07) is 13.4. The van der Waals surface area contributed by atoms with Crippen LogP contribution in [0.15, 0.2) is 48.5 Å². The van der Waals surface area contributed by atoms with Crippen LogP contribution in [0.4, 0.5) is 8.78 Å². The van der Waals surface area contributed by atoms with Gasteiger partial charge in [-0.25, -0.2) is 8.78 Å². The van der Waals surface area contributed by atoms with Crippen molar-refractivity contribution in [3.8, 4) is 11.1 Å². The molecule has 0 aliphatic rings. The van der Waals surface area contributed by atoms with E-state index in [4.69, 9.17) is 11.6 Å². The molecule has 0 aliphatic carbocycles. The molecule has 0 unspecified atom stereocenters. The van der Waals surface area contributed by atoms with Crippen LogP contribution < -0.4 is 0 Å². The fourth-order valence-corrected chi connectivity index (χ4v) is 1.80. The molecule has 0 aliphatic heterocycles. The zero-order chi connectivity index (χ0) is 11.5. The van der Waals surface area contributed by atoms with E-state index >= 15 is 0 Å². The maximum Gasteiger partial charge on any atom is 0.264 e. The van der Waals surface area contributed by atoms with Gasteiger partial charge >= 0.3 is 0 Å². The summed E-state index contributed by atoms with van der Waals surface area (Å²) >= 11 is 5.84. The summed E-state index contributed by atoms with van der Waals surface area (Å²) in [7, 11) is 0. The van der Waals surface area contributed by atoms with Crippen LogP contribution in [-0.2, 0) is 0 Å². The Labute approximate surface area is 97.5 Å². The minimum absolute atomic E-state index is 0.0322. The predicted octanol–water partition coefficient (Wildman–Crippen LogP) is 4.94. The van der Waals surface area contributed by atoms with Crippen molar-refractivity contribution in [3.63, 3.8) is 0 Å². The van der Waals surface area contributed by atoms with Crippen LogP contribution in [0.2, 0.25) is 5.02 Å². The van der Waals surface area contributed by atoms with Crippen molar-refractivity contribution < 1.29 is 8.78 Å². The fourth-order valence-electron chi connectivity index (χ4n) is 1.61. The Bertz CT molecular complexity index is 495. The van der Waals surface area contributed by atoms with Crippen LogP contribution >= 0.6 is 11.6 Å². The highest BCUT2D eigenvalue weighted by atomic mass is 35.5. The van der Waals surface area contributed by atoms with Crippen LogP contribution in [0.1, 0.15) is 12.0 Å². The number of rotatable bonds is 2. The van der Waals surface area contributed by atoms with E-state index in [9.17, 15) is 8.78 Å². The van der Waals surface area contributed by atoms with E-state index in [1.54, 1.807) is 42.5 Å². The molecular weight excluding hydrogens is 230 g/mol. The van der Waals surface area contributed by atoms with Crippen molar-refractivity contribution >= 4 is 11.6 Å². The SMILES string of the molecule is FC(F)c1ccccc1-c1cccc(Cl)c1. The number of hydrogen-bond donors (Lipinski definition) is 0. The molecular formula is C13H9ClF2. The van der Waals surface area contributed by atoms with Crippen LogP contribution in [0.5, 0.6) is 0 Å². The fraction of sp³-hybridized carbons (Fsp3) is 0.0769. The lowest BCUT2D eigenvalue weighted by molar-refractivity contribution is 0.152. The average molecular weight is 239 g/mol. The molecule has 0 atom stereocenters. The molecule has 0 saturated heterocycles. The molecule has 0 heterocycles. The Morgan fingerprint density at radius 1 is 0.938 bits per heavy atom. The Balaban J connectivity index is 2.55. The summed E-state index contributed by atoms with van der Waals surface area (Å²) in [5, 5.41) is 0.543. The van der Waals surface area contributed by atoms with Gasteiger partial charge < -0.3 is 0 Å². The first-order valence-electron chi connectivity index (χ1n) is 4.81. The van der Waals surface area contributed by atoms with Gasteiger partial charge in [0.1, 0.15) is 0 Å². The summed E-state index contributed by atoms with van der Waals surface area (Å²) < 4.78 is 25.6. The van der Waals surface area contributed by atoms with Gasteiger partial charge in [0.2, 0.25) is 0 Å². The molecule has 2 rings (SSSR count). The largest absolute Gasteiger partial charge is 0.264 e. The number of halogens is 3. The molecule has 0 amide bonds. The first-order chi connectivity index (χ1) is 7.68. The number of hydrogen-bond acceptors (Lipinski definition) is 0. The van der Waals surface area contributed by atoms with Gasteiger partial charge in [0, 0.05) is 10.6 Å². The van der Waals surface area contributed by atoms with Gasteiger partial charge in [-0.05, 0) is 23.3 Å². The Morgan fingerprint density at radius 3 is 2.38 bits per heavy atom. The van der Waals surface area contributed by atoms with Crippen LogP contribution in [0, 0.1) is 0 Å². The Hall–Kier alpha value is -1.41. The van der Waals surface area contributed by atoms with Crippen molar-refractivity contribution in [3.05, 3.63) is 59.1 Å². The second-order valence-corrected chi connectivity index (χ2v) is 3.83. The lowest BCUT2D eigenvalue weighted by Crippen LogP contribution is -1.89. The topological polar surface area (TPSA) is 0 Å². The van der Waals surface area contributed by atoms with E-state index in [1.807, 2.05) is 0 Å². The molecule has 0 aromatic heterocycles. The van der Waals surface area contributed by atoms with Gasteiger partial charge in [-0.1, -0.05) is 48.0 Å². The molecule has 16 heavy (non-hydrogen) atoms. The third kappa shape index (κ3) is 2.22. The van der Waals surface area contributed by atoms with E-state index < -0.39 is 6.43 Å². The first kappa shape index (κ1) is 11.1. The maximum absolute atomic E-state index is 12.8. The van der Waals surface area contributed by atoms with Crippen LogP contribution in [-0.4, -0.2) is 0 Å². The minimum Gasteiger partial charge on any atom is -0.205 e. The second kappa shape index (κ2) is 4.62. The van der Waals surface area contributed by atoms with E-state index in [0.717, 1.165) is 0 Å². The summed E-state index contributed by atoms with van der Waals surface area (Å²) in [5.74, 6) is 0. The molecule has 0 N–H and O–H groups in total. The normalized spacial score (nSPS) is 10.8. The van der Waals surface area contributed by atoms with Crippen LogP contribution in [0.25, 0.3) is 11.1 Å². The summed E-state index contributed by atoms with van der Waals surface area (Å²) in [6.07, 6.45) is -2.48. The molecule has 2 aromatic rings. The smallest absolute Gasteiger partial charge is 0.205 e. The lowest BCUT2D eigenvalue weighted by atomic mass is 10.0. The Kier molecular flexibility index (Phi) is 3.20. The molecule has 0 nitrogen and oxygen atoms in total. The highest BCUT2D eigenvalue weighted by Gasteiger charge is 2.13. The van der Waals surface area contributed by atoms with Crippen molar-refractivity contribution in [1.29, 1.82) is 0 Å². The molecule has 0 spiro atoms. The first-order valence-corrected chi connectivity index (χ1v) is 5.19. The van der Waals surface area contributed by atoms with E-state index in [-0.39, 0.29) is 5.56 Å². The number of alkyl halides is 2. The van der Waals surface area contributed by atoms with Gasteiger partial charge in [-0.15, -0.1) is 0 Å².